The van der Waals surface area contributed by atoms with Crippen molar-refractivity contribution in [1.29, 1.82) is 0 Å². The summed E-state index contributed by atoms with van der Waals surface area (Å²) in [4.78, 5) is 28.4. The quantitative estimate of drug-likeness (QED) is 0.414. The number of ether oxygens (including phenoxy) is 1. The number of halogens is 1. The van der Waals surface area contributed by atoms with Gasteiger partial charge in [0.1, 0.15) is 22.6 Å². The van der Waals surface area contributed by atoms with E-state index in [1.54, 1.807) is 58.4 Å². The van der Waals surface area contributed by atoms with Crippen LogP contribution in [0.2, 0.25) is 0 Å². The van der Waals surface area contributed by atoms with Crippen molar-refractivity contribution in [2.75, 3.05) is 46.2 Å². The Balaban J connectivity index is 1.71. The Kier molecular flexibility index (Phi) is 9.73. The molecule has 2 N–H and O–H groups in total. The number of sulfonamides is 1. The molecule has 3 amide bonds. The topological polar surface area (TPSA) is 119 Å². The van der Waals surface area contributed by atoms with Crippen LogP contribution in [0.5, 0.6) is 5.75 Å². The fraction of sp³-hybridized carbons (Fsp3) is 0.355. The number of fused-ring (bicyclic) bond motifs is 1. The van der Waals surface area contributed by atoms with E-state index >= 15 is 0 Å². The minimum Gasteiger partial charge on any atom is -0.487 e. The normalized spacial score (nSPS) is 18.8. The van der Waals surface area contributed by atoms with E-state index in [1.807, 2.05) is 13.0 Å². The number of nitrogens with one attached hydrogen (secondary N) is 1. The van der Waals surface area contributed by atoms with Crippen LogP contribution in [0.15, 0.2) is 71.6 Å². The van der Waals surface area contributed by atoms with Crippen LogP contribution in [0, 0.1) is 11.7 Å². The second kappa shape index (κ2) is 13.1. The first kappa shape index (κ1) is 31.9. The van der Waals surface area contributed by atoms with Crippen LogP contribution in [0.1, 0.15) is 24.2 Å². The number of benzene rings is 3. The van der Waals surface area contributed by atoms with E-state index in [0.29, 0.717) is 22.4 Å². The van der Waals surface area contributed by atoms with Gasteiger partial charge in [0.15, 0.2) is 0 Å². The smallest absolute Gasteiger partial charge is 0.321 e. The van der Waals surface area contributed by atoms with Crippen LogP contribution in [0.4, 0.5) is 14.9 Å². The minimum absolute atomic E-state index is 0.0536. The lowest BCUT2D eigenvalue weighted by molar-refractivity contribution is 0.0827. The number of urea groups is 1. The molecule has 43 heavy (non-hydrogen) atoms. The van der Waals surface area contributed by atoms with Crippen molar-refractivity contribution in [1.82, 2.24) is 14.1 Å². The molecule has 0 fully saturated rings. The van der Waals surface area contributed by atoms with Gasteiger partial charge in [-0.1, -0.05) is 25.1 Å². The maximum Gasteiger partial charge on any atom is 0.321 e. The van der Waals surface area contributed by atoms with Crippen molar-refractivity contribution in [3.8, 4) is 16.9 Å². The van der Waals surface area contributed by atoms with Crippen molar-refractivity contribution < 1.29 is 32.2 Å². The maximum atomic E-state index is 13.8. The third-order valence-electron chi connectivity index (χ3n) is 7.41. The molecule has 0 aromatic heterocycles. The lowest BCUT2D eigenvalue weighted by atomic mass is 10.0. The highest BCUT2D eigenvalue weighted by Gasteiger charge is 2.38. The highest BCUT2D eigenvalue weighted by Crippen LogP contribution is 2.37. The number of anilines is 1. The predicted octanol–water partition coefficient (Wildman–Crippen LogP) is 4.13. The van der Waals surface area contributed by atoms with Gasteiger partial charge in [-0.2, -0.15) is 4.31 Å². The van der Waals surface area contributed by atoms with E-state index < -0.39 is 34.0 Å². The molecule has 12 heteroatoms. The van der Waals surface area contributed by atoms with E-state index in [-0.39, 0.29) is 42.2 Å². The number of nitrogens with zero attached hydrogens (tertiary/aromatic N) is 3. The average molecular weight is 613 g/mol. The largest absolute Gasteiger partial charge is 0.487 e. The molecule has 0 radical (unpaired) electrons. The Bertz CT molecular complexity index is 1580. The molecule has 3 aromatic rings. The van der Waals surface area contributed by atoms with Gasteiger partial charge >= 0.3 is 6.03 Å². The standard InChI is InChI=1S/C31H37FN4O6S/c1-20-17-36(21(2)19-37)43(40,41)29-14-9-23(22-7-6-8-24(15-22)30(38)34(3)4)16-27(29)42-28(20)18-35(5)31(39)33-26-12-10-25(32)11-13-26/h6-16,20-21,28,37H,17-19H2,1-5H3,(H,33,39)/t20-,21+,28+/m0/s1. The first-order valence-corrected chi connectivity index (χ1v) is 15.3. The number of carbonyl (C=O) groups is 2. The SMILES string of the molecule is C[C@H](CO)N1C[C@H](C)[C@@H](CN(C)C(=O)Nc2ccc(F)cc2)Oc2cc(-c3cccc(C(=O)N(C)C)c3)ccc2S1(=O)=O. The molecule has 1 aliphatic heterocycles. The molecule has 0 saturated carbocycles. The highest BCUT2D eigenvalue weighted by atomic mass is 32.2. The molecule has 3 atom stereocenters. The monoisotopic (exact) mass is 612 g/mol. The van der Waals surface area contributed by atoms with Gasteiger partial charge in [-0.05, 0) is 66.6 Å². The molecular formula is C31H37FN4O6S. The zero-order valence-corrected chi connectivity index (χ0v) is 25.6. The Morgan fingerprint density at radius 3 is 2.40 bits per heavy atom. The summed E-state index contributed by atoms with van der Waals surface area (Å²) in [5.74, 6) is -0.881. The molecule has 1 aliphatic rings. The molecule has 0 unspecified atom stereocenters. The maximum absolute atomic E-state index is 13.8. The van der Waals surface area contributed by atoms with E-state index in [2.05, 4.69) is 5.32 Å². The summed E-state index contributed by atoms with van der Waals surface area (Å²) in [5, 5.41) is 12.6. The van der Waals surface area contributed by atoms with E-state index in [0.717, 1.165) is 0 Å². The van der Waals surface area contributed by atoms with Crippen molar-refractivity contribution >= 4 is 27.6 Å². The van der Waals surface area contributed by atoms with Crippen molar-refractivity contribution in [3.05, 3.63) is 78.1 Å². The molecule has 1 heterocycles. The van der Waals surface area contributed by atoms with E-state index in [9.17, 15) is 27.5 Å². The molecular weight excluding hydrogens is 575 g/mol. The fourth-order valence-corrected chi connectivity index (χ4v) is 6.64. The number of likely N-dealkylation sites (N-methyl/N-ethyl adjacent to an activating group) is 1. The van der Waals surface area contributed by atoms with Gasteiger partial charge in [0.05, 0.1) is 13.2 Å². The van der Waals surface area contributed by atoms with Crippen LogP contribution in [0.25, 0.3) is 11.1 Å². The van der Waals surface area contributed by atoms with Crippen LogP contribution in [-0.4, -0.2) is 92.6 Å². The number of rotatable bonds is 7. The molecule has 0 saturated heterocycles. The molecule has 0 aliphatic carbocycles. The highest BCUT2D eigenvalue weighted by molar-refractivity contribution is 7.89. The number of aliphatic hydroxyl groups is 1. The summed E-state index contributed by atoms with van der Waals surface area (Å²) in [7, 11) is 0.846. The van der Waals surface area contributed by atoms with Crippen LogP contribution in [-0.2, 0) is 10.0 Å². The summed E-state index contributed by atoms with van der Waals surface area (Å²) in [6.45, 7) is 3.24. The minimum atomic E-state index is -4.07. The van der Waals surface area contributed by atoms with Crippen molar-refractivity contribution in [2.24, 2.45) is 5.92 Å². The fourth-order valence-electron chi connectivity index (χ4n) is 4.82. The average Bonchev–Trinajstić information content (AvgIpc) is 2.98. The Hall–Kier alpha value is -4.00. The van der Waals surface area contributed by atoms with Gasteiger partial charge < -0.3 is 25.0 Å². The van der Waals surface area contributed by atoms with E-state index in [4.69, 9.17) is 4.74 Å². The van der Waals surface area contributed by atoms with Gasteiger partial charge in [-0.15, -0.1) is 0 Å². The van der Waals surface area contributed by atoms with Gasteiger partial charge in [0.2, 0.25) is 10.0 Å². The number of amides is 3. The Labute approximate surface area is 251 Å². The molecule has 3 aromatic carbocycles. The Morgan fingerprint density at radius 1 is 1.07 bits per heavy atom. The summed E-state index contributed by atoms with van der Waals surface area (Å²) in [6, 6.07) is 16.0. The van der Waals surface area contributed by atoms with Crippen molar-refractivity contribution in [2.45, 2.75) is 30.9 Å². The third-order valence-corrected chi connectivity index (χ3v) is 9.43. The van der Waals surface area contributed by atoms with Crippen LogP contribution < -0.4 is 10.1 Å². The van der Waals surface area contributed by atoms with Gasteiger partial charge in [0.25, 0.3) is 5.91 Å². The van der Waals surface area contributed by atoms with Gasteiger partial charge in [-0.3, -0.25) is 4.79 Å². The lowest BCUT2D eigenvalue weighted by Gasteiger charge is -2.37. The zero-order valence-electron chi connectivity index (χ0n) is 24.8. The van der Waals surface area contributed by atoms with Gasteiger partial charge in [-0.25, -0.2) is 17.6 Å². The Morgan fingerprint density at radius 2 is 1.74 bits per heavy atom. The predicted molar refractivity (Wildman–Crippen MR) is 162 cm³/mol. The number of carbonyl (C=O) groups excluding carboxylic acids is 2. The number of aliphatic hydroxyl groups excluding tert-OH is 1. The first-order chi connectivity index (χ1) is 20.3. The molecule has 10 nitrogen and oxygen atoms in total. The molecule has 0 spiro atoms. The molecule has 230 valence electrons. The third kappa shape index (κ3) is 7.15. The summed E-state index contributed by atoms with van der Waals surface area (Å²) >= 11 is 0. The second-order valence-electron chi connectivity index (χ2n) is 11.0. The lowest BCUT2D eigenvalue weighted by Crippen LogP contribution is -2.50. The second-order valence-corrected chi connectivity index (χ2v) is 12.9. The summed E-state index contributed by atoms with van der Waals surface area (Å²) in [5.41, 5.74) is 2.23. The zero-order chi connectivity index (χ0) is 31.5. The number of hydrogen-bond donors (Lipinski definition) is 2. The first-order valence-electron chi connectivity index (χ1n) is 13.8. The van der Waals surface area contributed by atoms with E-state index in [1.165, 1.54) is 44.4 Å². The van der Waals surface area contributed by atoms with Gasteiger partial charge in [0, 0.05) is 50.9 Å². The molecule has 4 rings (SSSR count). The van der Waals surface area contributed by atoms with Crippen LogP contribution in [0.3, 0.4) is 0 Å². The number of hydrogen-bond acceptors (Lipinski definition) is 6. The summed E-state index contributed by atoms with van der Waals surface area (Å²) in [6.07, 6.45) is -0.636. The van der Waals surface area contributed by atoms with Crippen LogP contribution >= 0.6 is 0 Å². The summed E-state index contributed by atoms with van der Waals surface area (Å²) < 4.78 is 48.6. The molecule has 0 bridgehead atoms. The van der Waals surface area contributed by atoms with Crippen molar-refractivity contribution in [3.63, 3.8) is 0 Å².